The summed E-state index contributed by atoms with van der Waals surface area (Å²) in [5.74, 6) is 1.71. The molecule has 1 aliphatic rings. The van der Waals surface area contributed by atoms with E-state index in [1.165, 1.54) is 42.5 Å². The summed E-state index contributed by atoms with van der Waals surface area (Å²) in [5, 5.41) is 4.36. The number of nitrogens with zero attached hydrogens (tertiary/aromatic N) is 2. The van der Waals surface area contributed by atoms with Gasteiger partial charge in [-0.15, -0.1) is 11.3 Å². The molecule has 2 aromatic heterocycles. The maximum absolute atomic E-state index is 6.01. The Labute approximate surface area is 129 Å². The van der Waals surface area contributed by atoms with Crippen LogP contribution in [0.4, 0.5) is 5.82 Å². The fourth-order valence-electron chi connectivity index (χ4n) is 2.96. The molecular weight excluding hydrogens is 282 g/mol. The van der Waals surface area contributed by atoms with Crippen LogP contribution in [0.5, 0.6) is 0 Å². The quantitative estimate of drug-likeness (QED) is 0.919. The predicted octanol–water partition coefficient (Wildman–Crippen LogP) is 4.20. The fraction of sp³-hybridized carbons (Fsp3) is 0.625. The Hall–Kier alpha value is -1.20. The molecule has 1 aliphatic carbocycles. The molecule has 0 saturated heterocycles. The number of fused-ring (bicyclic) bond motifs is 1. The van der Waals surface area contributed by atoms with Crippen LogP contribution in [0.2, 0.25) is 0 Å². The van der Waals surface area contributed by atoms with Crippen LogP contribution in [0.25, 0.3) is 10.2 Å². The Morgan fingerprint density at radius 1 is 1.19 bits per heavy atom. The normalized spacial score (nSPS) is 16.5. The SMILES string of the molecule is CNc1nc(COC2CCCCC2)nc2sc(C)c(C)c12. The minimum Gasteiger partial charge on any atom is -0.372 e. The lowest BCUT2D eigenvalue weighted by atomic mass is 9.98. The number of hydrogen-bond donors (Lipinski definition) is 1. The van der Waals surface area contributed by atoms with Crippen LogP contribution in [-0.2, 0) is 11.3 Å². The second-order valence-electron chi connectivity index (χ2n) is 5.77. The molecule has 0 aromatic carbocycles. The highest BCUT2D eigenvalue weighted by molar-refractivity contribution is 7.18. The standard InChI is InChI=1S/C16H23N3OS/c1-10-11(2)21-16-14(10)15(17-3)18-13(19-16)9-20-12-7-5-4-6-8-12/h12H,4-9H2,1-3H3,(H,17,18,19). The van der Waals surface area contributed by atoms with Crippen LogP contribution >= 0.6 is 11.3 Å². The van der Waals surface area contributed by atoms with Crippen molar-refractivity contribution >= 4 is 27.4 Å². The van der Waals surface area contributed by atoms with Gasteiger partial charge in [0.05, 0.1) is 11.5 Å². The van der Waals surface area contributed by atoms with Gasteiger partial charge in [-0.05, 0) is 32.3 Å². The number of hydrogen-bond acceptors (Lipinski definition) is 5. The molecule has 5 heteroatoms. The molecule has 0 aliphatic heterocycles. The third-order valence-corrected chi connectivity index (χ3v) is 5.41. The van der Waals surface area contributed by atoms with E-state index in [1.807, 2.05) is 7.05 Å². The Kier molecular flexibility index (Phi) is 4.40. The molecule has 114 valence electrons. The summed E-state index contributed by atoms with van der Waals surface area (Å²) in [6.45, 7) is 4.79. The summed E-state index contributed by atoms with van der Waals surface area (Å²) in [5.41, 5.74) is 1.28. The van der Waals surface area contributed by atoms with Gasteiger partial charge in [-0.25, -0.2) is 9.97 Å². The lowest BCUT2D eigenvalue weighted by molar-refractivity contribution is 0.0137. The van der Waals surface area contributed by atoms with Crippen molar-refractivity contribution in [3.05, 3.63) is 16.3 Å². The van der Waals surface area contributed by atoms with E-state index < -0.39 is 0 Å². The monoisotopic (exact) mass is 305 g/mol. The van der Waals surface area contributed by atoms with Gasteiger partial charge in [-0.3, -0.25) is 0 Å². The number of aryl methyl sites for hydroxylation is 2. The van der Waals surface area contributed by atoms with Gasteiger partial charge >= 0.3 is 0 Å². The number of anilines is 1. The van der Waals surface area contributed by atoms with E-state index in [4.69, 9.17) is 9.72 Å². The first-order valence-corrected chi connectivity index (χ1v) is 8.56. The summed E-state index contributed by atoms with van der Waals surface area (Å²) in [4.78, 5) is 11.7. The van der Waals surface area contributed by atoms with Crippen molar-refractivity contribution < 1.29 is 4.74 Å². The van der Waals surface area contributed by atoms with Crippen molar-refractivity contribution in [2.75, 3.05) is 12.4 Å². The Morgan fingerprint density at radius 2 is 1.95 bits per heavy atom. The average molecular weight is 305 g/mol. The van der Waals surface area contributed by atoms with Crippen LogP contribution < -0.4 is 5.32 Å². The van der Waals surface area contributed by atoms with E-state index in [9.17, 15) is 0 Å². The van der Waals surface area contributed by atoms with Crippen molar-refractivity contribution in [1.29, 1.82) is 0 Å². The van der Waals surface area contributed by atoms with Crippen molar-refractivity contribution in [3.63, 3.8) is 0 Å². The van der Waals surface area contributed by atoms with Gasteiger partial charge in [0.2, 0.25) is 0 Å². The molecule has 2 heterocycles. The van der Waals surface area contributed by atoms with Crippen molar-refractivity contribution in [1.82, 2.24) is 9.97 Å². The molecule has 1 N–H and O–H groups in total. The molecule has 3 rings (SSSR count). The largest absolute Gasteiger partial charge is 0.372 e. The Morgan fingerprint density at radius 3 is 2.67 bits per heavy atom. The molecule has 21 heavy (non-hydrogen) atoms. The zero-order chi connectivity index (χ0) is 14.8. The number of ether oxygens (including phenoxy) is 1. The van der Waals surface area contributed by atoms with Gasteiger partial charge < -0.3 is 10.1 Å². The first kappa shape index (κ1) is 14.7. The van der Waals surface area contributed by atoms with Crippen molar-refractivity contribution in [3.8, 4) is 0 Å². The van der Waals surface area contributed by atoms with Gasteiger partial charge in [0.1, 0.15) is 17.3 Å². The lowest BCUT2D eigenvalue weighted by Gasteiger charge is -2.21. The summed E-state index contributed by atoms with van der Waals surface area (Å²) in [7, 11) is 1.92. The van der Waals surface area contributed by atoms with Gasteiger partial charge in [-0.2, -0.15) is 0 Å². The van der Waals surface area contributed by atoms with Gasteiger partial charge in [-0.1, -0.05) is 19.3 Å². The molecule has 0 bridgehead atoms. The number of nitrogens with one attached hydrogen (secondary N) is 1. The van der Waals surface area contributed by atoms with Gasteiger partial charge in [0, 0.05) is 11.9 Å². The van der Waals surface area contributed by atoms with Crippen LogP contribution in [0.15, 0.2) is 0 Å². The lowest BCUT2D eigenvalue weighted by Crippen LogP contribution is -2.17. The molecule has 1 saturated carbocycles. The molecule has 0 spiro atoms. The van der Waals surface area contributed by atoms with Crippen LogP contribution in [-0.4, -0.2) is 23.1 Å². The highest BCUT2D eigenvalue weighted by Gasteiger charge is 2.17. The van der Waals surface area contributed by atoms with Crippen molar-refractivity contribution in [2.45, 2.75) is 58.7 Å². The molecule has 2 aromatic rings. The van der Waals surface area contributed by atoms with E-state index in [2.05, 4.69) is 24.1 Å². The van der Waals surface area contributed by atoms with Gasteiger partial charge in [0.15, 0.2) is 5.82 Å². The third kappa shape index (κ3) is 3.04. The Balaban J connectivity index is 1.82. The minimum atomic E-state index is 0.392. The molecule has 1 fully saturated rings. The second kappa shape index (κ2) is 6.28. The summed E-state index contributed by atoms with van der Waals surface area (Å²) in [6.07, 6.45) is 6.67. The zero-order valence-corrected chi connectivity index (χ0v) is 13.8. The maximum atomic E-state index is 6.01. The maximum Gasteiger partial charge on any atom is 0.158 e. The Bertz CT molecular complexity index is 632. The van der Waals surface area contributed by atoms with E-state index in [-0.39, 0.29) is 0 Å². The smallest absolute Gasteiger partial charge is 0.158 e. The molecule has 0 amide bonds. The topological polar surface area (TPSA) is 47.0 Å². The van der Waals surface area contributed by atoms with Gasteiger partial charge in [0.25, 0.3) is 0 Å². The number of rotatable bonds is 4. The molecule has 0 radical (unpaired) electrons. The fourth-order valence-corrected chi connectivity index (χ4v) is 4.01. The molecule has 4 nitrogen and oxygen atoms in total. The van der Waals surface area contributed by atoms with E-state index in [0.717, 1.165) is 21.9 Å². The highest BCUT2D eigenvalue weighted by atomic mass is 32.1. The summed E-state index contributed by atoms with van der Waals surface area (Å²) >= 11 is 1.74. The minimum absolute atomic E-state index is 0.392. The summed E-state index contributed by atoms with van der Waals surface area (Å²) < 4.78 is 6.01. The van der Waals surface area contributed by atoms with Crippen LogP contribution in [0.1, 0.15) is 48.4 Å². The van der Waals surface area contributed by atoms with Crippen molar-refractivity contribution in [2.24, 2.45) is 0 Å². The summed E-state index contributed by atoms with van der Waals surface area (Å²) in [6, 6.07) is 0. The first-order valence-electron chi connectivity index (χ1n) is 7.75. The third-order valence-electron chi connectivity index (χ3n) is 4.31. The first-order chi connectivity index (χ1) is 10.2. The zero-order valence-electron chi connectivity index (χ0n) is 13.0. The van der Waals surface area contributed by atoms with E-state index >= 15 is 0 Å². The highest BCUT2D eigenvalue weighted by Crippen LogP contribution is 2.33. The molecular formula is C16H23N3OS. The van der Waals surface area contributed by atoms with E-state index in [0.29, 0.717) is 12.7 Å². The second-order valence-corrected chi connectivity index (χ2v) is 6.98. The van der Waals surface area contributed by atoms with Crippen LogP contribution in [0.3, 0.4) is 0 Å². The number of thiophene rings is 1. The van der Waals surface area contributed by atoms with E-state index in [1.54, 1.807) is 11.3 Å². The average Bonchev–Trinajstić information content (AvgIpc) is 2.80. The number of aromatic nitrogens is 2. The molecule has 0 atom stereocenters. The molecule has 0 unspecified atom stereocenters. The van der Waals surface area contributed by atoms with Crippen LogP contribution in [0, 0.1) is 13.8 Å². The predicted molar refractivity (Wildman–Crippen MR) is 88.1 cm³/mol.